The fourth-order valence-corrected chi connectivity index (χ4v) is 2.05. The van der Waals surface area contributed by atoms with Crippen LogP contribution in [0.15, 0.2) is 24.3 Å². The molecule has 1 N–H and O–H groups in total. The molecule has 0 aliphatic heterocycles. The second kappa shape index (κ2) is 6.80. The summed E-state index contributed by atoms with van der Waals surface area (Å²) in [5, 5.41) is 3.61. The predicted octanol–water partition coefficient (Wildman–Crippen LogP) is 4.33. The van der Waals surface area contributed by atoms with E-state index < -0.39 is 0 Å². The van der Waals surface area contributed by atoms with E-state index in [1.54, 1.807) is 0 Å². The molecular weight excluding hydrogens is 206 g/mol. The molecule has 0 bridgehead atoms. The summed E-state index contributed by atoms with van der Waals surface area (Å²) in [7, 11) is 0. The quantitative estimate of drug-likeness (QED) is 0.771. The van der Waals surface area contributed by atoms with E-state index in [1.807, 2.05) is 0 Å². The molecule has 1 heteroatoms. The Balaban J connectivity index is 2.60. The van der Waals surface area contributed by atoms with Crippen molar-refractivity contribution < 1.29 is 0 Å². The maximum absolute atomic E-state index is 3.61. The molecule has 1 aromatic rings. The molecule has 0 aliphatic carbocycles. The van der Waals surface area contributed by atoms with Crippen LogP contribution in [-0.4, -0.2) is 6.04 Å². The third-order valence-electron chi connectivity index (χ3n) is 3.27. The molecule has 96 valence electrons. The highest BCUT2D eigenvalue weighted by molar-refractivity contribution is 5.25. The largest absolute Gasteiger partial charge is 0.308 e. The molecule has 0 saturated carbocycles. The molecule has 1 nitrogen and oxygen atoms in total. The first-order valence-electron chi connectivity index (χ1n) is 6.87. The Morgan fingerprint density at radius 3 is 2.06 bits per heavy atom. The summed E-state index contributed by atoms with van der Waals surface area (Å²) in [6.45, 7) is 11.2. The van der Waals surface area contributed by atoms with Crippen LogP contribution in [-0.2, 0) is 6.42 Å². The van der Waals surface area contributed by atoms with Crippen LogP contribution in [0.2, 0.25) is 0 Å². The highest BCUT2D eigenvalue weighted by Gasteiger charge is 2.08. The third-order valence-corrected chi connectivity index (χ3v) is 3.27. The predicted molar refractivity (Wildman–Crippen MR) is 76.3 cm³/mol. The first-order valence-corrected chi connectivity index (χ1v) is 6.87. The molecule has 0 saturated heterocycles. The summed E-state index contributed by atoms with van der Waals surface area (Å²) in [6.07, 6.45) is 2.35. The van der Waals surface area contributed by atoms with E-state index >= 15 is 0 Å². The Hall–Kier alpha value is -0.820. The van der Waals surface area contributed by atoms with Crippen molar-refractivity contribution >= 4 is 0 Å². The van der Waals surface area contributed by atoms with Gasteiger partial charge in [0, 0.05) is 12.1 Å². The molecule has 17 heavy (non-hydrogen) atoms. The molecule has 0 radical (unpaired) electrons. The van der Waals surface area contributed by atoms with Crippen molar-refractivity contribution in [3.8, 4) is 0 Å². The van der Waals surface area contributed by atoms with E-state index in [1.165, 1.54) is 24.0 Å². The molecule has 0 spiro atoms. The highest BCUT2D eigenvalue weighted by atomic mass is 14.9. The Morgan fingerprint density at radius 2 is 1.59 bits per heavy atom. The van der Waals surface area contributed by atoms with Crippen molar-refractivity contribution in [1.82, 2.24) is 5.32 Å². The van der Waals surface area contributed by atoms with Gasteiger partial charge in [0.2, 0.25) is 0 Å². The number of nitrogens with one attached hydrogen (secondary N) is 1. The minimum Gasteiger partial charge on any atom is -0.308 e. The summed E-state index contributed by atoms with van der Waals surface area (Å²) in [5.74, 6) is 0.733. The van der Waals surface area contributed by atoms with E-state index in [-0.39, 0.29) is 0 Å². The monoisotopic (exact) mass is 233 g/mol. The fraction of sp³-hybridized carbons (Fsp3) is 0.625. The van der Waals surface area contributed by atoms with Crippen LogP contribution >= 0.6 is 0 Å². The lowest BCUT2D eigenvalue weighted by molar-refractivity contribution is 0.469. The number of hydrogen-bond acceptors (Lipinski definition) is 1. The minimum atomic E-state index is 0.443. The van der Waals surface area contributed by atoms with Crippen molar-refractivity contribution in [2.45, 2.75) is 59.5 Å². The van der Waals surface area contributed by atoms with Crippen LogP contribution in [0, 0.1) is 5.92 Å². The maximum atomic E-state index is 3.61. The average Bonchev–Trinajstić information content (AvgIpc) is 2.28. The zero-order valence-electron chi connectivity index (χ0n) is 12.0. The molecule has 2 unspecified atom stereocenters. The topological polar surface area (TPSA) is 12.0 Å². The van der Waals surface area contributed by atoms with Crippen molar-refractivity contribution in [1.29, 1.82) is 0 Å². The van der Waals surface area contributed by atoms with Gasteiger partial charge in [-0.1, -0.05) is 45.0 Å². The van der Waals surface area contributed by atoms with E-state index in [0.717, 1.165) is 5.92 Å². The third kappa shape index (κ3) is 4.91. The van der Waals surface area contributed by atoms with Gasteiger partial charge in [-0.25, -0.2) is 0 Å². The van der Waals surface area contributed by atoms with Gasteiger partial charge in [-0.05, 0) is 43.7 Å². The molecule has 2 atom stereocenters. The molecule has 0 aromatic heterocycles. The lowest BCUT2D eigenvalue weighted by atomic mass is 9.99. The number of hydrogen-bond donors (Lipinski definition) is 1. The van der Waals surface area contributed by atoms with Gasteiger partial charge >= 0.3 is 0 Å². The van der Waals surface area contributed by atoms with Gasteiger partial charge in [0.15, 0.2) is 0 Å². The van der Waals surface area contributed by atoms with E-state index in [0.29, 0.717) is 12.1 Å². The summed E-state index contributed by atoms with van der Waals surface area (Å²) in [4.78, 5) is 0. The van der Waals surface area contributed by atoms with Gasteiger partial charge in [0.25, 0.3) is 0 Å². The van der Waals surface area contributed by atoms with Crippen LogP contribution in [0.5, 0.6) is 0 Å². The van der Waals surface area contributed by atoms with Crippen LogP contribution in [0.3, 0.4) is 0 Å². The van der Waals surface area contributed by atoms with Crippen molar-refractivity contribution in [2.75, 3.05) is 0 Å². The lowest BCUT2D eigenvalue weighted by Gasteiger charge is -2.19. The van der Waals surface area contributed by atoms with Crippen LogP contribution in [0.25, 0.3) is 0 Å². The maximum Gasteiger partial charge on any atom is 0.0294 e. The SMILES string of the molecule is CCC(C)NC(C)c1ccc(CC(C)C)cc1. The van der Waals surface area contributed by atoms with E-state index in [4.69, 9.17) is 0 Å². The molecule has 1 rings (SSSR count). The normalized spacial score (nSPS) is 14.9. The number of benzene rings is 1. The van der Waals surface area contributed by atoms with Gasteiger partial charge < -0.3 is 5.32 Å². The Labute approximate surface area is 107 Å². The van der Waals surface area contributed by atoms with Gasteiger partial charge in [-0.15, -0.1) is 0 Å². The van der Waals surface area contributed by atoms with Gasteiger partial charge in [-0.2, -0.15) is 0 Å². The second-order valence-corrected chi connectivity index (χ2v) is 5.54. The second-order valence-electron chi connectivity index (χ2n) is 5.54. The molecule has 0 fully saturated rings. The molecule has 0 aliphatic rings. The molecule has 0 heterocycles. The molecule has 0 amide bonds. The standard InChI is InChI=1S/C16H27N/c1-6-13(4)17-14(5)16-9-7-15(8-10-16)11-12(2)3/h7-10,12-14,17H,6,11H2,1-5H3. The summed E-state index contributed by atoms with van der Waals surface area (Å²) in [6, 6.07) is 10.1. The molecular formula is C16H27N. The van der Waals surface area contributed by atoms with E-state index in [2.05, 4.69) is 64.2 Å². The molecule has 1 aromatic carbocycles. The van der Waals surface area contributed by atoms with Crippen LogP contribution in [0.1, 0.15) is 58.2 Å². The summed E-state index contributed by atoms with van der Waals surface area (Å²) < 4.78 is 0. The van der Waals surface area contributed by atoms with Crippen molar-refractivity contribution in [2.24, 2.45) is 5.92 Å². The number of rotatable bonds is 6. The Bertz CT molecular complexity index is 313. The zero-order chi connectivity index (χ0) is 12.8. The lowest BCUT2D eigenvalue weighted by Crippen LogP contribution is -2.28. The first kappa shape index (κ1) is 14.2. The van der Waals surface area contributed by atoms with Crippen molar-refractivity contribution in [3.63, 3.8) is 0 Å². The Kier molecular flexibility index (Phi) is 5.70. The first-order chi connectivity index (χ1) is 8.02. The van der Waals surface area contributed by atoms with Gasteiger partial charge in [0.05, 0.1) is 0 Å². The summed E-state index contributed by atoms with van der Waals surface area (Å²) in [5.41, 5.74) is 2.83. The van der Waals surface area contributed by atoms with Crippen molar-refractivity contribution in [3.05, 3.63) is 35.4 Å². The van der Waals surface area contributed by atoms with Gasteiger partial charge in [0.1, 0.15) is 0 Å². The Morgan fingerprint density at radius 1 is 1.00 bits per heavy atom. The zero-order valence-corrected chi connectivity index (χ0v) is 12.0. The minimum absolute atomic E-state index is 0.443. The fourth-order valence-electron chi connectivity index (χ4n) is 2.05. The average molecular weight is 233 g/mol. The summed E-state index contributed by atoms with van der Waals surface area (Å²) >= 11 is 0. The van der Waals surface area contributed by atoms with Gasteiger partial charge in [-0.3, -0.25) is 0 Å². The van der Waals surface area contributed by atoms with Crippen LogP contribution in [0.4, 0.5) is 0 Å². The van der Waals surface area contributed by atoms with Crippen LogP contribution < -0.4 is 5.32 Å². The van der Waals surface area contributed by atoms with E-state index in [9.17, 15) is 0 Å². The smallest absolute Gasteiger partial charge is 0.0294 e. The highest BCUT2D eigenvalue weighted by Crippen LogP contribution is 2.16.